The third-order valence-corrected chi connectivity index (χ3v) is 6.06. The number of halogens is 1. The molecular formula is C30H24FN3O5. The van der Waals surface area contributed by atoms with Crippen molar-refractivity contribution >= 4 is 12.4 Å². The Kier molecular flexibility index (Phi) is 7.31. The number of nitrogens with one attached hydrogen (secondary N) is 1. The van der Waals surface area contributed by atoms with Crippen molar-refractivity contribution in [3.8, 4) is 34.2 Å². The zero-order chi connectivity index (χ0) is 27.4. The molecule has 0 aliphatic heterocycles. The van der Waals surface area contributed by atoms with Gasteiger partial charge in [0.05, 0.1) is 5.56 Å². The van der Waals surface area contributed by atoms with Crippen molar-refractivity contribution < 1.29 is 27.7 Å². The van der Waals surface area contributed by atoms with E-state index in [9.17, 15) is 9.59 Å². The number of aromatic nitrogens is 2. The van der Waals surface area contributed by atoms with E-state index in [1.165, 1.54) is 18.2 Å². The molecule has 5 rings (SSSR count). The molecule has 1 amide bonds. The average Bonchev–Trinajstić information content (AvgIpc) is 3.60. The molecule has 1 N–H and O–H groups in total. The number of ether oxygens (including phenoxy) is 1. The van der Waals surface area contributed by atoms with E-state index in [1.807, 2.05) is 62.4 Å². The van der Waals surface area contributed by atoms with Crippen molar-refractivity contribution in [3.63, 3.8) is 0 Å². The van der Waals surface area contributed by atoms with E-state index in [2.05, 4.69) is 15.5 Å². The van der Waals surface area contributed by atoms with E-state index < -0.39 is 18.0 Å². The van der Waals surface area contributed by atoms with Gasteiger partial charge in [0, 0.05) is 17.5 Å². The van der Waals surface area contributed by atoms with Gasteiger partial charge in [-0.3, -0.25) is 9.59 Å². The number of hydrogen-bond donors (Lipinski definition) is 1. The summed E-state index contributed by atoms with van der Waals surface area (Å²) in [4.78, 5) is 28.2. The van der Waals surface area contributed by atoms with Gasteiger partial charge in [-0.15, -0.1) is 0 Å². The first-order valence-electron chi connectivity index (χ1n) is 12.2. The van der Waals surface area contributed by atoms with Gasteiger partial charge in [0.1, 0.15) is 11.6 Å². The van der Waals surface area contributed by atoms with Crippen molar-refractivity contribution in [2.45, 2.75) is 26.5 Å². The first-order chi connectivity index (χ1) is 18.9. The number of amides is 1. The molecule has 8 nitrogen and oxygen atoms in total. The SMILES string of the molecule is Cc1ccc(-c2nc(-c3ccc(CC(NC(=O)c4ccc(-c5cccc(C)c5)o4)OC=O)cc3F)no2)cc1. The molecule has 9 heteroatoms. The fraction of sp³-hybridized carbons (Fsp3) is 0.133. The maximum absolute atomic E-state index is 15.0. The fourth-order valence-corrected chi connectivity index (χ4v) is 4.06. The number of nitrogens with zero attached hydrogens (tertiary/aromatic N) is 2. The van der Waals surface area contributed by atoms with Crippen molar-refractivity contribution in [3.05, 3.63) is 107 Å². The minimum atomic E-state index is -1.05. The minimum absolute atomic E-state index is 0.0218. The van der Waals surface area contributed by atoms with Crippen LogP contribution >= 0.6 is 0 Å². The average molecular weight is 526 g/mol. The van der Waals surface area contributed by atoms with Crippen LogP contribution in [0.2, 0.25) is 0 Å². The van der Waals surface area contributed by atoms with Crippen LogP contribution in [0.5, 0.6) is 0 Å². The molecule has 5 aromatic rings. The van der Waals surface area contributed by atoms with Gasteiger partial charge >= 0.3 is 0 Å². The standard InChI is InChI=1S/C30H24FN3O5/c1-18-6-9-21(10-7-18)30-33-28(34-39-30)23-11-8-20(15-24(23)31)16-27(37-17-35)32-29(36)26-13-12-25(38-26)22-5-3-4-19(2)14-22/h3-15,17,27H,16H2,1-2H3,(H,32,36). The number of rotatable bonds is 9. The van der Waals surface area contributed by atoms with E-state index in [4.69, 9.17) is 13.7 Å². The highest BCUT2D eigenvalue weighted by molar-refractivity contribution is 5.92. The van der Waals surface area contributed by atoms with Crippen LogP contribution in [0.15, 0.2) is 87.8 Å². The summed E-state index contributed by atoms with van der Waals surface area (Å²) in [5.74, 6) is -0.206. The highest BCUT2D eigenvalue weighted by atomic mass is 19.1. The summed E-state index contributed by atoms with van der Waals surface area (Å²) in [6.07, 6.45) is -1.03. The molecule has 0 radical (unpaired) electrons. The predicted octanol–water partition coefficient (Wildman–Crippen LogP) is 5.89. The van der Waals surface area contributed by atoms with Gasteiger partial charge in [0.2, 0.25) is 5.82 Å². The molecule has 0 saturated heterocycles. The van der Waals surface area contributed by atoms with E-state index in [1.54, 1.807) is 12.1 Å². The third-order valence-electron chi connectivity index (χ3n) is 6.06. The van der Waals surface area contributed by atoms with Crippen LogP contribution in [-0.4, -0.2) is 28.7 Å². The van der Waals surface area contributed by atoms with E-state index in [0.717, 1.165) is 22.3 Å². The molecule has 2 heterocycles. The molecule has 3 aromatic carbocycles. The van der Waals surface area contributed by atoms with E-state index >= 15 is 4.39 Å². The molecular weight excluding hydrogens is 501 g/mol. The smallest absolute Gasteiger partial charge is 0.295 e. The predicted molar refractivity (Wildman–Crippen MR) is 141 cm³/mol. The fourth-order valence-electron chi connectivity index (χ4n) is 4.06. The van der Waals surface area contributed by atoms with Gasteiger partial charge in [-0.25, -0.2) is 4.39 Å². The van der Waals surface area contributed by atoms with E-state index in [-0.39, 0.29) is 35.9 Å². The summed E-state index contributed by atoms with van der Waals surface area (Å²) in [6.45, 7) is 4.15. The molecule has 196 valence electrons. The van der Waals surface area contributed by atoms with Crippen LogP contribution in [0.4, 0.5) is 4.39 Å². The molecule has 0 fully saturated rings. The summed E-state index contributed by atoms with van der Waals surface area (Å²) in [5.41, 5.74) is 4.33. The second kappa shape index (κ2) is 11.1. The second-order valence-corrected chi connectivity index (χ2v) is 9.04. The Hall–Kier alpha value is -5.05. The zero-order valence-electron chi connectivity index (χ0n) is 21.2. The summed E-state index contributed by atoms with van der Waals surface area (Å²) in [6, 6.07) is 22.8. The Labute approximate surface area is 223 Å². The van der Waals surface area contributed by atoms with Gasteiger partial charge in [-0.05, 0) is 61.9 Å². The summed E-state index contributed by atoms with van der Waals surface area (Å²) < 4.78 is 31.1. The Morgan fingerprint density at radius 2 is 1.82 bits per heavy atom. The van der Waals surface area contributed by atoms with Crippen molar-refractivity contribution in [1.29, 1.82) is 0 Å². The lowest BCUT2D eigenvalue weighted by molar-refractivity contribution is -0.134. The van der Waals surface area contributed by atoms with Crippen molar-refractivity contribution in [2.24, 2.45) is 0 Å². The molecule has 0 saturated carbocycles. The number of carbonyl (C=O) groups is 2. The summed E-state index contributed by atoms with van der Waals surface area (Å²) >= 11 is 0. The van der Waals surface area contributed by atoms with Gasteiger partial charge in [-0.2, -0.15) is 4.98 Å². The van der Waals surface area contributed by atoms with Crippen LogP contribution in [0.3, 0.4) is 0 Å². The number of hydrogen-bond acceptors (Lipinski definition) is 7. The highest BCUT2D eigenvalue weighted by Gasteiger charge is 2.20. The topological polar surface area (TPSA) is 107 Å². The monoisotopic (exact) mass is 525 g/mol. The second-order valence-electron chi connectivity index (χ2n) is 9.04. The molecule has 2 aromatic heterocycles. The van der Waals surface area contributed by atoms with Crippen LogP contribution in [0.25, 0.3) is 34.2 Å². The number of furan rings is 1. The summed E-state index contributed by atoms with van der Waals surface area (Å²) in [5, 5.41) is 6.50. The van der Waals surface area contributed by atoms with Crippen LogP contribution in [0, 0.1) is 19.7 Å². The molecule has 39 heavy (non-hydrogen) atoms. The highest BCUT2D eigenvalue weighted by Crippen LogP contribution is 2.26. The molecule has 1 unspecified atom stereocenters. The summed E-state index contributed by atoms with van der Waals surface area (Å²) in [7, 11) is 0. The van der Waals surface area contributed by atoms with Gasteiger partial charge < -0.3 is 19.0 Å². The molecule has 0 aliphatic carbocycles. The van der Waals surface area contributed by atoms with Crippen molar-refractivity contribution in [1.82, 2.24) is 15.5 Å². The maximum atomic E-state index is 15.0. The normalized spacial score (nSPS) is 11.7. The largest absolute Gasteiger partial charge is 0.451 e. The maximum Gasteiger partial charge on any atom is 0.295 e. The first kappa shape index (κ1) is 25.6. The molecule has 1 atom stereocenters. The van der Waals surface area contributed by atoms with Crippen LogP contribution < -0.4 is 5.32 Å². The lowest BCUT2D eigenvalue weighted by atomic mass is 10.1. The minimum Gasteiger partial charge on any atom is -0.451 e. The number of aryl methyl sites for hydroxylation is 2. The lowest BCUT2D eigenvalue weighted by Gasteiger charge is -2.16. The quantitative estimate of drug-likeness (QED) is 0.189. The van der Waals surface area contributed by atoms with Gasteiger partial charge in [-0.1, -0.05) is 52.7 Å². The van der Waals surface area contributed by atoms with Gasteiger partial charge in [0.15, 0.2) is 12.0 Å². The van der Waals surface area contributed by atoms with Crippen LogP contribution in [0.1, 0.15) is 27.2 Å². The Bertz CT molecular complexity index is 1620. The Morgan fingerprint density at radius 3 is 2.56 bits per heavy atom. The first-order valence-corrected chi connectivity index (χ1v) is 12.2. The van der Waals surface area contributed by atoms with E-state index in [0.29, 0.717) is 11.3 Å². The molecule has 0 bridgehead atoms. The Balaban J connectivity index is 1.28. The van der Waals surface area contributed by atoms with Gasteiger partial charge in [0.25, 0.3) is 18.3 Å². The lowest BCUT2D eigenvalue weighted by Crippen LogP contribution is -2.38. The number of carbonyl (C=O) groups excluding carboxylic acids is 2. The molecule has 0 spiro atoms. The van der Waals surface area contributed by atoms with Crippen molar-refractivity contribution in [2.75, 3.05) is 0 Å². The Morgan fingerprint density at radius 1 is 1.00 bits per heavy atom. The zero-order valence-corrected chi connectivity index (χ0v) is 21.2. The van der Waals surface area contributed by atoms with Crippen LogP contribution in [-0.2, 0) is 16.0 Å². The third kappa shape index (κ3) is 5.93. The number of benzene rings is 3. The molecule has 0 aliphatic rings.